The molecule has 1 N–H and O–H groups in total. The smallest absolute Gasteiger partial charge is 0.261 e. The first-order valence-electron chi connectivity index (χ1n) is 8.60. The van der Waals surface area contributed by atoms with Crippen LogP contribution in [0.5, 0.6) is 11.5 Å². The van der Waals surface area contributed by atoms with Gasteiger partial charge in [0.25, 0.3) is 5.91 Å². The number of benzene rings is 2. The minimum Gasteiger partial charge on any atom is -0.490 e. The van der Waals surface area contributed by atoms with E-state index in [2.05, 4.69) is 5.32 Å². The van der Waals surface area contributed by atoms with Crippen LogP contribution in [0.1, 0.15) is 17.5 Å². The zero-order valence-electron chi connectivity index (χ0n) is 14.4. The van der Waals surface area contributed by atoms with E-state index in [4.69, 9.17) is 9.47 Å². The SMILES string of the molecule is N#C/C(=C/c1cccc2c1OCCCO2)C(=O)NCCc1ccccc1. The highest BCUT2D eigenvalue weighted by atomic mass is 16.5. The molecule has 0 saturated carbocycles. The van der Waals surface area contributed by atoms with Crippen LogP contribution in [0.4, 0.5) is 0 Å². The van der Waals surface area contributed by atoms with Crippen molar-refractivity contribution in [2.75, 3.05) is 19.8 Å². The molecule has 0 aliphatic carbocycles. The van der Waals surface area contributed by atoms with Crippen LogP contribution in [0.15, 0.2) is 54.1 Å². The number of nitrogens with one attached hydrogen (secondary N) is 1. The van der Waals surface area contributed by atoms with E-state index in [0.717, 1.165) is 12.0 Å². The van der Waals surface area contributed by atoms with Crippen LogP contribution in [-0.2, 0) is 11.2 Å². The van der Waals surface area contributed by atoms with Crippen molar-refractivity contribution in [3.8, 4) is 17.6 Å². The van der Waals surface area contributed by atoms with Crippen molar-refractivity contribution in [3.05, 3.63) is 65.2 Å². The highest BCUT2D eigenvalue weighted by Crippen LogP contribution is 2.34. The zero-order chi connectivity index (χ0) is 18.2. The number of fused-ring (bicyclic) bond motifs is 1. The standard InChI is InChI=1S/C21H20N2O3/c22-15-18(21(24)23-11-10-16-6-2-1-3-7-16)14-17-8-4-9-19-20(17)26-13-5-12-25-19/h1-4,6-9,14H,5,10-13H2,(H,23,24)/b18-14-. The molecule has 0 radical (unpaired) electrons. The lowest BCUT2D eigenvalue weighted by molar-refractivity contribution is -0.117. The molecular weight excluding hydrogens is 328 g/mol. The summed E-state index contributed by atoms with van der Waals surface area (Å²) in [7, 11) is 0. The number of nitrogens with zero attached hydrogens (tertiary/aromatic N) is 1. The summed E-state index contributed by atoms with van der Waals surface area (Å²) in [5, 5.41) is 12.2. The lowest BCUT2D eigenvalue weighted by atomic mass is 10.1. The molecule has 0 aromatic heterocycles. The highest BCUT2D eigenvalue weighted by molar-refractivity contribution is 6.02. The highest BCUT2D eigenvalue weighted by Gasteiger charge is 2.15. The second kappa shape index (κ2) is 8.72. The van der Waals surface area contributed by atoms with Gasteiger partial charge in [0.05, 0.1) is 13.2 Å². The van der Waals surface area contributed by atoms with Gasteiger partial charge in [0.2, 0.25) is 0 Å². The first-order chi connectivity index (χ1) is 12.8. The average molecular weight is 348 g/mol. The number of amides is 1. The predicted molar refractivity (Wildman–Crippen MR) is 98.8 cm³/mol. The zero-order valence-corrected chi connectivity index (χ0v) is 14.4. The summed E-state index contributed by atoms with van der Waals surface area (Å²) in [5.74, 6) is 0.823. The molecule has 3 rings (SSSR count). The topological polar surface area (TPSA) is 71.3 Å². The van der Waals surface area contributed by atoms with Crippen LogP contribution in [0.2, 0.25) is 0 Å². The molecule has 0 spiro atoms. The number of carbonyl (C=O) groups is 1. The Balaban J connectivity index is 1.70. The van der Waals surface area contributed by atoms with Crippen molar-refractivity contribution in [2.45, 2.75) is 12.8 Å². The molecule has 0 unspecified atom stereocenters. The molecule has 1 heterocycles. The lowest BCUT2D eigenvalue weighted by Crippen LogP contribution is -2.26. The molecular formula is C21H20N2O3. The Hall–Kier alpha value is -3.26. The second-order valence-corrected chi connectivity index (χ2v) is 5.89. The van der Waals surface area contributed by atoms with Crippen molar-refractivity contribution < 1.29 is 14.3 Å². The molecule has 2 aromatic rings. The Morgan fingerprint density at radius 3 is 2.73 bits per heavy atom. The number of carbonyl (C=O) groups excluding carboxylic acids is 1. The molecule has 5 nitrogen and oxygen atoms in total. The van der Waals surface area contributed by atoms with Gasteiger partial charge in [-0.1, -0.05) is 42.5 Å². The van der Waals surface area contributed by atoms with Crippen LogP contribution < -0.4 is 14.8 Å². The predicted octanol–water partition coefficient (Wildman–Crippen LogP) is 3.11. The third-order valence-electron chi connectivity index (χ3n) is 4.01. The van der Waals surface area contributed by atoms with Gasteiger partial charge >= 0.3 is 0 Å². The van der Waals surface area contributed by atoms with Gasteiger partial charge in [-0.2, -0.15) is 5.26 Å². The van der Waals surface area contributed by atoms with Crippen molar-refractivity contribution in [2.24, 2.45) is 0 Å². The maximum Gasteiger partial charge on any atom is 0.261 e. The average Bonchev–Trinajstić information content (AvgIpc) is 2.93. The normalized spacial score (nSPS) is 13.4. The summed E-state index contributed by atoms with van der Waals surface area (Å²) in [6.07, 6.45) is 3.05. The van der Waals surface area contributed by atoms with Gasteiger partial charge in [-0.05, 0) is 24.1 Å². The Labute approximate surface area is 152 Å². The van der Waals surface area contributed by atoms with Crippen LogP contribution in [-0.4, -0.2) is 25.7 Å². The summed E-state index contributed by atoms with van der Waals surface area (Å²) < 4.78 is 11.4. The van der Waals surface area contributed by atoms with Gasteiger partial charge in [0, 0.05) is 18.5 Å². The first kappa shape index (κ1) is 17.6. The monoisotopic (exact) mass is 348 g/mol. The van der Waals surface area contributed by atoms with E-state index in [1.807, 2.05) is 54.6 Å². The van der Waals surface area contributed by atoms with Gasteiger partial charge in [-0.3, -0.25) is 4.79 Å². The molecule has 132 valence electrons. The molecule has 1 amide bonds. The van der Waals surface area contributed by atoms with Gasteiger partial charge < -0.3 is 14.8 Å². The molecule has 0 fully saturated rings. The van der Waals surface area contributed by atoms with Crippen molar-refractivity contribution in [3.63, 3.8) is 0 Å². The van der Waals surface area contributed by atoms with Crippen molar-refractivity contribution in [1.29, 1.82) is 5.26 Å². The number of ether oxygens (including phenoxy) is 2. The van der Waals surface area contributed by atoms with Gasteiger partial charge in [-0.25, -0.2) is 0 Å². The molecule has 1 aliphatic rings. The van der Waals surface area contributed by atoms with Crippen molar-refractivity contribution >= 4 is 12.0 Å². The fourth-order valence-electron chi connectivity index (χ4n) is 2.69. The molecule has 2 aromatic carbocycles. The van der Waals surface area contributed by atoms with Gasteiger partial charge in [0.15, 0.2) is 11.5 Å². The largest absolute Gasteiger partial charge is 0.490 e. The van der Waals surface area contributed by atoms with E-state index in [0.29, 0.717) is 43.2 Å². The molecule has 0 bridgehead atoms. The number of hydrogen-bond donors (Lipinski definition) is 1. The molecule has 1 aliphatic heterocycles. The van der Waals surface area contributed by atoms with Gasteiger partial charge in [-0.15, -0.1) is 0 Å². The number of para-hydroxylation sites is 1. The van der Waals surface area contributed by atoms with E-state index >= 15 is 0 Å². The quantitative estimate of drug-likeness (QED) is 0.666. The van der Waals surface area contributed by atoms with E-state index in [-0.39, 0.29) is 5.57 Å². The number of hydrogen-bond acceptors (Lipinski definition) is 4. The Bertz CT molecular complexity index is 838. The molecule has 0 saturated heterocycles. The minimum absolute atomic E-state index is 0.0410. The maximum atomic E-state index is 12.3. The number of nitriles is 1. The fourth-order valence-corrected chi connectivity index (χ4v) is 2.69. The van der Waals surface area contributed by atoms with E-state index < -0.39 is 5.91 Å². The summed E-state index contributed by atoms with van der Waals surface area (Å²) in [6, 6.07) is 17.3. The van der Waals surface area contributed by atoms with Gasteiger partial charge in [0.1, 0.15) is 11.6 Å². The van der Waals surface area contributed by atoms with Crippen LogP contribution in [0, 0.1) is 11.3 Å². The van der Waals surface area contributed by atoms with Crippen LogP contribution >= 0.6 is 0 Å². The second-order valence-electron chi connectivity index (χ2n) is 5.89. The van der Waals surface area contributed by atoms with E-state index in [1.54, 1.807) is 6.08 Å². The summed E-state index contributed by atoms with van der Waals surface area (Å²) in [5.41, 5.74) is 1.84. The maximum absolute atomic E-state index is 12.3. The number of rotatable bonds is 5. The summed E-state index contributed by atoms with van der Waals surface area (Å²) in [6.45, 7) is 1.60. The third kappa shape index (κ3) is 4.42. The van der Waals surface area contributed by atoms with E-state index in [9.17, 15) is 10.1 Å². The Kier molecular flexibility index (Phi) is 5.89. The van der Waals surface area contributed by atoms with E-state index in [1.165, 1.54) is 0 Å². The molecule has 0 atom stereocenters. The fraction of sp³-hybridized carbons (Fsp3) is 0.238. The molecule has 5 heteroatoms. The summed E-state index contributed by atoms with van der Waals surface area (Å²) >= 11 is 0. The van der Waals surface area contributed by atoms with Crippen LogP contribution in [0.25, 0.3) is 6.08 Å². The minimum atomic E-state index is -0.393. The third-order valence-corrected chi connectivity index (χ3v) is 4.01. The Morgan fingerprint density at radius 1 is 1.12 bits per heavy atom. The van der Waals surface area contributed by atoms with Crippen LogP contribution in [0.3, 0.4) is 0 Å². The lowest BCUT2D eigenvalue weighted by Gasteiger charge is -2.10. The Morgan fingerprint density at radius 2 is 1.92 bits per heavy atom. The molecule has 26 heavy (non-hydrogen) atoms. The first-order valence-corrected chi connectivity index (χ1v) is 8.60. The van der Waals surface area contributed by atoms with Crippen molar-refractivity contribution in [1.82, 2.24) is 5.32 Å². The summed E-state index contributed by atoms with van der Waals surface area (Å²) in [4.78, 5) is 12.3.